The fourth-order valence-electron chi connectivity index (χ4n) is 1.78. The van der Waals surface area contributed by atoms with Crippen molar-refractivity contribution >= 4 is 17.1 Å². The van der Waals surface area contributed by atoms with Crippen LogP contribution in [-0.4, -0.2) is 17.9 Å². The number of carbonyl (C=O) groups excluding carboxylic acids is 1. The van der Waals surface area contributed by atoms with Gasteiger partial charge in [0.25, 0.3) is 0 Å². The zero-order chi connectivity index (χ0) is 14.0. The Kier molecular flexibility index (Phi) is 3.95. The summed E-state index contributed by atoms with van der Waals surface area (Å²) in [6, 6.07) is 4.32. The lowest BCUT2D eigenvalue weighted by Crippen LogP contribution is -1.95. The Hall–Kier alpha value is -1.75. The van der Waals surface area contributed by atoms with E-state index in [9.17, 15) is 9.18 Å². The normalized spacial score (nSPS) is 10.5. The molecule has 1 heterocycles. The Bertz CT molecular complexity index is 622. The van der Waals surface area contributed by atoms with Crippen molar-refractivity contribution in [2.45, 2.75) is 20.3 Å². The summed E-state index contributed by atoms with van der Waals surface area (Å²) in [5.74, 6) is 0.325. The van der Waals surface area contributed by atoms with Crippen LogP contribution in [-0.2, 0) is 11.2 Å². The molecular weight excluding hydrogens is 265 g/mol. The second-order valence-corrected chi connectivity index (χ2v) is 5.33. The van der Waals surface area contributed by atoms with Crippen LogP contribution in [0.1, 0.15) is 17.5 Å². The summed E-state index contributed by atoms with van der Waals surface area (Å²) in [4.78, 5) is 16.5. The van der Waals surface area contributed by atoms with Gasteiger partial charge in [-0.2, -0.15) is 0 Å². The third-order valence-corrected chi connectivity index (χ3v) is 3.88. The molecule has 0 saturated carbocycles. The highest BCUT2D eigenvalue weighted by Crippen LogP contribution is 2.35. The molecule has 0 aliphatic heterocycles. The summed E-state index contributed by atoms with van der Waals surface area (Å²) < 4.78 is 18.6. The molecule has 3 nitrogen and oxygen atoms in total. The lowest BCUT2D eigenvalue weighted by atomic mass is 10.2. The standard InChI is InChI=1S/C14H14FNO2S/c1-8(17)6-13-9(2)16-14(19-13)11-7-10(15)4-5-12(11)18-3/h4-5,7H,6H2,1-3H3. The van der Waals surface area contributed by atoms with Gasteiger partial charge in [0, 0.05) is 11.3 Å². The van der Waals surface area contributed by atoms with E-state index < -0.39 is 0 Å². The van der Waals surface area contributed by atoms with E-state index in [1.165, 1.54) is 30.6 Å². The molecule has 0 spiro atoms. The number of methoxy groups -OCH3 is 1. The molecule has 0 bridgehead atoms. The molecular formula is C14H14FNO2S. The maximum atomic E-state index is 13.4. The van der Waals surface area contributed by atoms with Crippen molar-refractivity contribution in [3.8, 4) is 16.3 Å². The minimum atomic E-state index is -0.336. The average molecular weight is 279 g/mol. The maximum absolute atomic E-state index is 13.4. The summed E-state index contributed by atoms with van der Waals surface area (Å²) in [6.45, 7) is 3.39. The fourth-order valence-corrected chi connectivity index (χ4v) is 2.93. The Labute approximate surface area is 115 Å². The molecule has 0 unspecified atom stereocenters. The maximum Gasteiger partial charge on any atom is 0.135 e. The predicted molar refractivity (Wildman–Crippen MR) is 73.2 cm³/mol. The number of aryl methyl sites for hydroxylation is 1. The Balaban J connectivity index is 2.47. The Morgan fingerprint density at radius 2 is 2.21 bits per heavy atom. The molecule has 0 aliphatic rings. The molecule has 0 radical (unpaired) electrons. The van der Waals surface area contributed by atoms with Crippen LogP contribution in [0, 0.1) is 12.7 Å². The number of nitrogens with zero attached hydrogens (tertiary/aromatic N) is 1. The molecule has 0 saturated heterocycles. The number of ether oxygens (including phenoxy) is 1. The van der Waals surface area contributed by atoms with Crippen molar-refractivity contribution in [2.75, 3.05) is 7.11 Å². The summed E-state index contributed by atoms with van der Waals surface area (Å²) in [5, 5.41) is 0.671. The SMILES string of the molecule is COc1ccc(F)cc1-c1nc(C)c(CC(C)=O)s1. The van der Waals surface area contributed by atoms with Crippen LogP contribution in [0.15, 0.2) is 18.2 Å². The molecule has 0 N–H and O–H groups in total. The van der Waals surface area contributed by atoms with Crippen molar-refractivity contribution < 1.29 is 13.9 Å². The first-order valence-corrected chi connectivity index (χ1v) is 6.62. The quantitative estimate of drug-likeness (QED) is 0.861. The van der Waals surface area contributed by atoms with Gasteiger partial charge < -0.3 is 4.74 Å². The lowest BCUT2D eigenvalue weighted by Gasteiger charge is -2.05. The van der Waals surface area contributed by atoms with Crippen molar-refractivity contribution in [3.05, 3.63) is 34.6 Å². The highest BCUT2D eigenvalue weighted by Gasteiger charge is 2.15. The molecule has 0 amide bonds. The van der Waals surface area contributed by atoms with E-state index in [4.69, 9.17) is 4.74 Å². The van der Waals surface area contributed by atoms with E-state index in [1.54, 1.807) is 13.0 Å². The van der Waals surface area contributed by atoms with Gasteiger partial charge >= 0.3 is 0 Å². The number of benzene rings is 1. The van der Waals surface area contributed by atoms with Gasteiger partial charge in [-0.15, -0.1) is 11.3 Å². The fraction of sp³-hybridized carbons (Fsp3) is 0.286. The summed E-state index contributed by atoms with van der Waals surface area (Å²) in [5.41, 5.74) is 1.42. The molecule has 2 aromatic rings. The Morgan fingerprint density at radius 3 is 2.84 bits per heavy atom. The summed E-state index contributed by atoms with van der Waals surface area (Å²) >= 11 is 1.40. The number of halogens is 1. The van der Waals surface area contributed by atoms with Gasteiger partial charge in [0.1, 0.15) is 22.4 Å². The van der Waals surface area contributed by atoms with Gasteiger partial charge in [0.05, 0.1) is 18.4 Å². The van der Waals surface area contributed by atoms with Crippen LogP contribution < -0.4 is 4.74 Å². The number of ketones is 1. The average Bonchev–Trinajstić information content (AvgIpc) is 2.70. The van der Waals surface area contributed by atoms with Gasteiger partial charge in [-0.3, -0.25) is 4.79 Å². The first kappa shape index (κ1) is 13.7. The lowest BCUT2D eigenvalue weighted by molar-refractivity contribution is -0.116. The van der Waals surface area contributed by atoms with E-state index in [0.29, 0.717) is 22.7 Å². The summed E-state index contributed by atoms with van der Waals surface area (Å²) in [6.07, 6.45) is 0.362. The third-order valence-electron chi connectivity index (χ3n) is 2.69. The molecule has 0 atom stereocenters. The van der Waals surface area contributed by atoms with Crippen LogP contribution in [0.2, 0.25) is 0 Å². The number of rotatable bonds is 4. The van der Waals surface area contributed by atoms with Crippen LogP contribution in [0.3, 0.4) is 0 Å². The molecule has 0 fully saturated rings. The number of Topliss-reactive ketones (excluding diaryl/α,β-unsaturated/α-hetero) is 1. The first-order valence-electron chi connectivity index (χ1n) is 5.81. The van der Waals surface area contributed by atoms with Crippen molar-refractivity contribution in [1.82, 2.24) is 4.98 Å². The van der Waals surface area contributed by atoms with Gasteiger partial charge in [-0.1, -0.05) is 0 Å². The second-order valence-electron chi connectivity index (χ2n) is 4.25. The largest absolute Gasteiger partial charge is 0.496 e. The van der Waals surface area contributed by atoms with E-state index in [-0.39, 0.29) is 11.6 Å². The van der Waals surface area contributed by atoms with Gasteiger partial charge in [0.2, 0.25) is 0 Å². The first-order chi connectivity index (χ1) is 9.01. The topological polar surface area (TPSA) is 39.2 Å². The zero-order valence-electron chi connectivity index (χ0n) is 11.0. The summed E-state index contributed by atoms with van der Waals surface area (Å²) in [7, 11) is 1.54. The number of hydrogen-bond donors (Lipinski definition) is 0. The van der Waals surface area contributed by atoms with E-state index in [0.717, 1.165) is 10.6 Å². The third kappa shape index (κ3) is 2.98. The Morgan fingerprint density at radius 1 is 1.47 bits per heavy atom. The molecule has 19 heavy (non-hydrogen) atoms. The molecule has 100 valence electrons. The van der Waals surface area contributed by atoms with E-state index in [2.05, 4.69) is 4.98 Å². The smallest absolute Gasteiger partial charge is 0.135 e. The number of hydrogen-bond acceptors (Lipinski definition) is 4. The van der Waals surface area contributed by atoms with Gasteiger partial charge in [0.15, 0.2) is 0 Å². The highest BCUT2D eigenvalue weighted by atomic mass is 32.1. The molecule has 1 aromatic carbocycles. The van der Waals surface area contributed by atoms with Crippen LogP contribution in [0.4, 0.5) is 4.39 Å². The number of carbonyl (C=O) groups is 1. The second kappa shape index (κ2) is 5.48. The molecule has 5 heteroatoms. The van der Waals surface area contributed by atoms with Crippen LogP contribution >= 0.6 is 11.3 Å². The van der Waals surface area contributed by atoms with Crippen molar-refractivity contribution in [1.29, 1.82) is 0 Å². The van der Waals surface area contributed by atoms with Crippen molar-refractivity contribution in [3.63, 3.8) is 0 Å². The van der Waals surface area contributed by atoms with E-state index >= 15 is 0 Å². The van der Waals surface area contributed by atoms with Crippen molar-refractivity contribution in [2.24, 2.45) is 0 Å². The number of aromatic nitrogens is 1. The predicted octanol–water partition coefficient (Wildman–Crippen LogP) is 3.40. The van der Waals surface area contributed by atoms with Gasteiger partial charge in [-0.25, -0.2) is 9.37 Å². The zero-order valence-corrected chi connectivity index (χ0v) is 11.8. The minimum absolute atomic E-state index is 0.0875. The minimum Gasteiger partial charge on any atom is -0.496 e. The van der Waals surface area contributed by atoms with E-state index in [1.807, 2.05) is 6.92 Å². The molecule has 0 aliphatic carbocycles. The van der Waals surface area contributed by atoms with Gasteiger partial charge in [-0.05, 0) is 32.0 Å². The monoisotopic (exact) mass is 279 g/mol. The molecule has 2 rings (SSSR count). The molecule has 1 aromatic heterocycles. The number of thiazole rings is 1. The highest BCUT2D eigenvalue weighted by molar-refractivity contribution is 7.15. The van der Waals surface area contributed by atoms with Crippen LogP contribution in [0.25, 0.3) is 10.6 Å². The van der Waals surface area contributed by atoms with Crippen LogP contribution in [0.5, 0.6) is 5.75 Å².